The molecule has 7 nitrogen and oxygen atoms in total. The van der Waals surface area contributed by atoms with Crippen molar-refractivity contribution in [2.75, 3.05) is 32.8 Å². The van der Waals surface area contributed by atoms with E-state index in [1.807, 2.05) is 0 Å². The number of rotatable bonds is 4. The van der Waals surface area contributed by atoms with Crippen LogP contribution in [-0.4, -0.2) is 60.5 Å². The Labute approximate surface area is 112 Å². The van der Waals surface area contributed by atoms with Crippen LogP contribution in [0.3, 0.4) is 0 Å². The van der Waals surface area contributed by atoms with Gasteiger partial charge in [-0.3, -0.25) is 9.59 Å². The number of hydrogen-bond donors (Lipinski definition) is 1. The molecule has 1 unspecified atom stereocenters. The van der Waals surface area contributed by atoms with Gasteiger partial charge in [0.1, 0.15) is 0 Å². The number of primary amides is 1. The van der Waals surface area contributed by atoms with Gasteiger partial charge in [-0.1, -0.05) is 6.92 Å². The minimum atomic E-state index is -0.474. The molecular weight excluding hydrogens is 250 g/mol. The second kappa shape index (κ2) is 6.96. The SMILES string of the molecule is CCOC(=O)N1CCN(C(=O)CC(C)C(N)=O)CC1. The largest absolute Gasteiger partial charge is 0.450 e. The minimum absolute atomic E-state index is 0.102. The molecule has 1 aliphatic rings. The Bertz CT molecular complexity index is 351. The van der Waals surface area contributed by atoms with Crippen LogP contribution >= 0.6 is 0 Å². The third-order valence-corrected chi connectivity index (χ3v) is 3.12. The van der Waals surface area contributed by atoms with Crippen molar-refractivity contribution < 1.29 is 19.1 Å². The average molecular weight is 271 g/mol. The Balaban J connectivity index is 2.39. The maximum atomic E-state index is 11.9. The molecule has 1 rings (SSSR count). The fraction of sp³-hybridized carbons (Fsp3) is 0.750. The molecule has 0 aromatic heterocycles. The lowest BCUT2D eigenvalue weighted by Gasteiger charge is -2.34. The Hall–Kier alpha value is -1.79. The molecular formula is C12H21N3O4. The monoisotopic (exact) mass is 271 g/mol. The van der Waals surface area contributed by atoms with Crippen LogP contribution in [0.15, 0.2) is 0 Å². The van der Waals surface area contributed by atoms with Crippen LogP contribution in [0.4, 0.5) is 4.79 Å². The van der Waals surface area contributed by atoms with E-state index in [9.17, 15) is 14.4 Å². The zero-order valence-electron chi connectivity index (χ0n) is 11.4. The van der Waals surface area contributed by atoms with E-state index in [0.29, 0.717) is 32.8 Å². The number of ether oxygens (including phenoxy) is 1. The summed E-state index contributed by atoms with van der Waals surface area (Å²) in [5, 5.41) is 0. The van der Waals surface area contributed by atoms with Gasteiger partial charge < -0.3 is 20.3 Å². The molecule has 108 valence electrons. The predicted octanol–water partition coefficient (Wildman–Crippen LogP) is -0.201. The lowest BCUT2D eigenvalue weighted by molar-refractivity contribution is -0.136. The average Bonchev–Trinajstić information content (AvgIpc) is 2.39. The van der Waals surface area contributed by atoms with Gasteiger partial charge in [-0.15, -0.1) is 0 Å². The summed E-state index contributed by atoms with van der Waals surface area (Å²) in [5.74, 6) is -1.04. The molecule has 1 heterocycles. The molecule has 0 spiro atoms. The first kappa shape index (κ1) is 15.3. The van der Waals surface area contributed by atoms with Crippen molar-refractivity contribution in [1.29, 1.82) is 0 Å². The summed E-state index contributed by atoms with van der Waals surface area (Å²) in [6, 6.07) is 0. The third kappa shape index (κ3) is 4.42. The molecule has 19 heavy (non-hydrogen) atoms. The number of nitrogens with two attached hydrogens (primary N) is 1. The van der Waals surface area contributed by atoms with E-state index in [4.69, 9.17) is 10.5 Å². The molecule has 2 N–H and O–H groups in total. The van der Waals surface area contributed by atoms with Crippen molar-refractivity contribution in [3.8, 4) is 0 Å². The van der Waals surface area contributed by atoms with Crippen molar-refractivity contribution in [3.63, 3.8) is 0 Å². The lowest BCUT2D eigenvalue weighted by Crippen LogP contribution is -2.51. The molecule has 3 amide bonds. The molecule has 0 aromatic rings. The molecule has 0 radical (unpaired) electrons. The number of amides is 3. The quantitative estimate of drug-likeness (QED) is 0.766. The Morgan fingerprint density at radius 3 is 2.16 bits per heavy atom. The topological polar surface area (TPSA) is 92.9 Å². The maximum absolute atomic E-state index is 11.9. The molecule has 1 saturated heterocycles. The Kier molecular flexibility index (Phi) is 5.59. The molecule has 1 aliphatic heterocycles. The summed E-state index contributed by atoms with van der Waals surface area (Å²) < 4.78 is 4.90. The highest BCUT2D eigenvalue weighted by Crippen LogP contribution is 2.09. The van der Waals surface area contributed by atoms with Crippen LogP contribution in [0.1, 0.15) is 20.3 Å². The van der Waals surface area contributed by atoms with Gasteiger partial charge in [0.05, 0.1) is 6.61 Å². The van der Waals surface area contributed by atoms with Crippen LogP contribution in [0.2, 0.25) is 0 Å². The first-order valence-electron chi connectivity index (χ1n) is 6.44. The van der Waals surface area contributed by atoms with Gasteiger partial charge in [-0.05, 0) is 6.92 Å². The summed E-state index contributed by atoms with van der Waals surface area (Å²) in [7, 11) is 0. The number of hydrogen-bond acceptors (Lipinski definition) is 4. The van der Waals surface area contributed by atoms with Gasteiger partial charge in [0.15, 0.2) is 0 Å². The highest BCUT2D eigenvalue weighted by atomic mass is 16.6. The van der Waals surface area contributed by atoms with Gasteiger partial charge >= 0.3 is 6.09 Å². The summed E-state index contributed by atoms with van der Waals surface area (Å²) >= 11 is 0. The van der Waals surface area contributed by atoms with E-state index >= 15 is 0 Å². The second-order valence-corrected chi connectivity index (χ2v) is 4.57. The smallest absolute Gasteiger partial charge is 0.409 e. The molecule has 0 bridgehead atoms. The number of piperazine rings is 1. The van der Waals surface area contributed by atoms with E-state index in [2.05, 4.69) is 0 Å². The summed E-state index contributed by atoms with van der Waals surface area (Å²) in [6.45, 7) is 5.56. The summed E-state index contributed by atoms with van der Waals surface area (Å²) in [6.07, 6.45) is -0.227. The van der Waals surface area contributed by atoms with E-state index < -0.39 is 11.8 Å². The third-order valence-electron chi connectivity index (χ3n) is 3.12. The highest BCUT2D eigenvalue weighted by molar-refractivity contribution is 5.84. The first-order valence-corrected chi connectivity index (χ1v) is 6.44. The van der Waals surface area contributed by atoms with E-state index in [1.165, 1.54) is 0 Å². The molecule has 0 aromatic carbocycles. The van der Waals surface area contributed by atoms with Crippen molar-refractivity contribution in [1.82, 2.24) is 9.80 Å². The van der Waals surface area contributed by atoms with Crippen LogP contribution in [-0.2, 0) is 14.3 Å². The normalized spacial score (nSPS) is 16.9. The van der Waals surface area contributed by atoms with Crippen molar-refractivity contribution in [2.45, 2.75) is 20.3 Å². The molecule has 7 heteroatoms. The standard InChI is InChI=1S/C12H21N3O4/c1-3-19-12(18)15-6-4-14(5-7-15)10(16)8-9(2)11(13)17/h9H,3-8H2,1-2H3,(H2,13,17). The van der Waals surface area contributed by atoms with Crippen molar-refractivity contribution >= 4 is 17.9 Å². The first-order chi connectivity index (χ1) is 8.95. The summed E-state index contributed by atoms with van der Waals surface area (Å²) in [5.41, 5.74) is 5.13. The van der Waals surface area contributed by atoms with Gasteiger partial charge in [0.2, 0.25) is 11.8 Å². The lowest BCUT2D eigenvalue weighted by atomic mass is 10.1. The van der Waals surface area contributed by atoms with Gasteiger partial charge in [-0.25, -0.2) is 4.79 Å². The van der Waals surface area contributed by atoms with Gasteiger partial charge in [0.25, 0.3) is 0 Å². The van der Waals surface area contributed by atoms with Crippen molar-refractivity contribution in [3.05, 3.63) is 0 Å². The molecule has 1 atom stereocenters. The van der Waals surface area contributed by atoms with E-state index in [1.54, 1.807) is 23.6 Å². The Morgan fingerprint density at radius 2 is 1.68 bits per heavy atom. The van der Waals surface area contributed by atoms with Crippen LogP contribution in [0.25, 0.3) is 0 Å². The van der Waals surface area contributed by atoms with Crippen LogP contribution < -0.4 is 5.73 Å². The predicted molar refractivity (Wildman–Crippen MR) is 68.2 cm³/mol. The zero-order valence-corrected chi connectivity index (χ0v) is 11.4. The molecule has 0 saturated carbocycles. The fourth-order valence-electron chi connectivity index (χ4n) is 1.84. The maximum Gasteiger partial charge on any atom is 0.409 e. The van der Waals surface area contributed by atoms with Crippen molar-refractivity contribution in [2.24, 2.45) is 11.7 Å². The minimum Gasteiger partial charge on any atom is -0.450 e. The fourth-order valence-corrected chi connectivity index (χ4v) is 1.84. The highest BCUT2D eigenvalue weighted by Gasteiger charge is 2.26. The number of carbonyl (C=O) groups excluding carboxylic acids is 3. The molecule has 1 fully saturated rings. The zero-order chi connectivity index (χ0) is 14.4. The molecule has 0 aliphatic carbocycles. The van der Waals surface area contributed by atoms with E-state index in [-0.39, 0.29) is 18.4 Å². The Morgan fingerprint density at radius 1 is 1.16 bits per heavy atom. The van der Waals surface area contributed by atoms with Gasteiger partial charge in [0, 0.05) is 38.5 Å². The second-order valence-electron chi connectivity index (χ2n) is 4.57. The number of nitrogens with zero attached hydrogens (tertiary/aromatic N) is 2. The van der Waals surface area contributed by atoms with Crippen LogP contribution in [0.5, 0.6) is 0 Å². The summed E-state index contributed by atoms with van der Waals surface area (Å²) in [4.78, 5) is 37.5. The van der Waals surface area contributed by atoms with E-state index in [0.717, 1.165) is 0 Å². The number of carbonyl (C=O) groups is 3. The van der Waals surface area contributed by atoms with Gasteiger partial charge in [-0.2, -0.15) is 0 Å². The van der Waals surface area contributed by atoms with Crippen LogP contribution in [0, 0.1) is 5.92 Å².